The maximum Gasteiger partial charge on any atom is 0.300 e. The van der Waals surface area contributed by atoms with Crippen molar-refractivity contribution < 1.29 is 44.7 Å². The van der Waals surface area contributed by atoms with Crippen LogP contribution in [0, 0.1) is 0 Å². The summed E-state index contributed by atoms with van der Waals surface area (Å²) in [7, 11) is 0. The number of ether oxygens (including phenoxy) is 1. The molecule has 1 heterocycles. The molecule has 1 unspecified atom stereocenters. The van der Waals surface area contributed by atoms with Gasteiger partial charge in [0.15, 0.2) is 6.29 Å². The number of nitrogens with one attached hydrogen (secondary N) is 1. The summed E-state index contributed by atoms with van der Waals surface area (Å²) in [5.41, 5.74) is 0. The summed E-state index contributed by atoms with van der Waals surface area (Å²) in [6.07, 6.45) is -4.76. The van der Waals surface area contributed by atoms with Crippen LogP contribution in [0.15, 0.2) is 0 Å². The molecule has 0 bridgehead atoms. The number of carbonyl (C=O) groups excluding carboxylic acids is 1. The Kier molecular flexibility index (Phi) is 12.4. The zero-order chi connectivity index (χ0) is 18.7. The Morgan fingerprint density at radius 3 is 1.70 bits per heavy atom. The van der Waals surface area contributed by atoms with E-state index in [4.69, 9.17) is 36.1 Å². The number of hydrogen-bond acceptors (Lipinski definition) is 7. The van der Waals surface area contributed by atoms with Gasteiger partial charge in [-0.05, 0) is 0 Å². The zero-order valence-corrected chi connectivity index (χ0v) is 13.6. The van der Waals surface area contributed by atoms with Gasteiger partial charge >= 0.3 is 0 Å². The Morgan fingerprint density at radius 2 is 1.39 bits per heavy atom. The number of carboxylic acids is 2. The molecule has 6 N–H and O–H groups in total. The van der Waals surface area contributed by atoms with E-state index in [-0.39, 0.29) is 5.88 Å². The predicted molar refractivity (Wildman–Crippen MR) is 77.8 cm³/mol. The third-order valence-corrected chi connectivity index (χ3v) is 2.55. The molecule has 1 aliphatic heterocycles. The number of amides is 1. The first kappa shape index (κ1) is 23.8. The first-order valence-electron chi connectivity index (χ1n) is 6.35. The fraction of sp³-hybridized carbons (Fsp3) is 0.750. The van der Waals surface area contributed by atoms with Gasteiger partial charge in [-0.15, -0.1) is 11.6 Å². The molecule has 136 valence electrons. The standard InChI is InChI=1S/C8H14ClNO5.2C2H4O2/c1-3(11)10-5-7(13)6(12)4(2-9)15-8(5)14;2*1-2(3)4/h4-8,12-14H,2H2,1H3,(H,10,11);2*1H3,(H,3,4)/t4-,5-,6-,7-,8?;;/m1../s1. The lowest BCUT2D eigenvalue weighted by molar-refractivity contribution is -0.241. The van der Waals surface area contributed by atoms with Gasteiger partial charge in [0, 0.05) is 20.8 Å². The van der Waals surface area contributed by atoms with Crippen molar-refractivity contribution in [2.24, 2.45) is 0 Å². The van der Waals surface area contributed by atoms with Gasteiger partial charge < -0.3 is 35.6 Å². The monoisotopic (exact) mass is 359 g/mol. The Labute approximate surface area is 137 Å². The van der Waals surface area contributed by atoms with Crippen LogP contribution in [-0.4, -0.2) is 79.9 Å². The maximum absolute atomic E-state index is 10.8. The molecule has 1 amide bonds. The number of rotatable bonds is 2. The summed E-state index contributed by atoms with van der Waals surface area (Å²) in [6, 6.07) is -1.04. The van der Waals surface area contributed by atoms with Crippen molar-refractivity contribution in [2.75, 3.05) is 5.88 Å². The molecule has 0 aliphatic carbocycles. The Hall–Kier alpha value is -1.46. The summed E-state index contributed by atoms with van der Waals surface area (Å²) in [5.74, 6) is -2.15. The van der Waals surface area contributed by atoms with E-state index in [0.29, 0.717) is 0 Å². The van der Waals surface area contributed by atoms with Gasteiger partial charge in [0.2, 0.25) is 5.91 Å². The molecule has 0 aromatic rings. The number of carbonyl (C=O) groups is 3. The molecule has 1 rings (SSSR count). The SMILES string of the molecule is CC(=O)N[C@H]1C(O)O[C@H](CCl)[C@@H](O)[C@@H]1O.CC(=O)O.CC(=O)O. The molecule has 1 fully saturated rings. The molecule has 0 aromatic heterocycles. The molecular weight excluding hydrogens is 338 g/mol. The minimum atomic E-state index is -1.38. The van der Waals surface area contributed by atoms with E-state index < -0.39 is 48.5 Å². The van der Waals surface area contributed by atoms with E-state index in [1.54, 1.807) is 0 Å². The quantitative estimate of drug-likeness (QED) is 0.315. The van der Waals surface area contributed by atoms with E-state index in [9.17, 15) is 20.1 Å². The van der Waals surface area contributed by atoms with Crippen LogP contribution in [0.4, 0.5) is 0 Å². The Morgan fingerprint density at radius 1 is 1.00 bits per heavy atom. The third-order valence-electron chi connectivity index (χ3n) is 2.24. The number of carboxylic acid groups (broad SMARTS) is 2. The first-order valence-corrected chi connectivity index (χ1v) is 6.89. The van der Waals surface area contributed by atoms with Crippen LogP contribution < -0.4 is 5.32 Å². The van der Waals surface area contributed by atoms with E-state index >= 15 is 0 Å². The first-order chi connectivity index (χ1) is 10.4. The molecule has 5 atom stereocenters. The van der Waals surface area contributed by atoms with Gasteiger partial charge in [-0.25, -0.2) is 0 Å². The number of aliphatic carboxylic acids is 2. The second kappa shape index (κ2) is 12.0. The molecule has 11 heteroatoms. The van der Waals surface area contributed by atoms with E-state index in [1.165, 1.54) is 6.92 Å². The number of hydrogen-bond donors (Lipinski definition) is 6. The molecule has 1 saturated heterocycles. The second-order valence-corrected chi connectivity index (χ2v) is 4.77. The average molecular weight is 360 g/mol. The van der Waals surface area contributed by atoms with Crippen molar-refractivity contribution in [1.82, 2.24) is 5.32 Å². The third kappa shape index (κ3) is 11.7. The van der Waals surface area contributed by atoms with Gasteiger partial charge in [0.1, 0.15) is 24.4 Å². The largest absolute Gasteiger partial charge is 0.481 e. The summed E-state index contributed by atoms with van der Waals surface area (Å²) < 4.78 is 4.93. The summed E-state index contributed by atoms with van der Waals surface area (Å²) in [4.78, 5) is 28.8. The van der Waals surface area contributed by atoms with Crippen molar-refractivity contribution in [1.29, 1.82) is 0 Å². The fourth-order valence-corrected chi connectivity index (χ4v) is 1.72. The lowest BCUT2D eigenvalue weighted by Gasteiger charge is -2.40. The summed E-state index contributed by atoms with van der Waals surface area (Å²) in [6.45, 7) is 3.40. The van der Waals surface area contributed by atoms with Crippen molar-refractivity contribution in [2.45, 2.75) is 51.4 Å². The highest BCUT2D eigenvalue weighted by atomic mass is 35.5. The van der Waals surface area contributed by atoms with Crippen LogP contribution in [0.2, 0.25) is 0 Å². The number of aliphatic hydroxyl groups excluding tert-OH is 3. The number of alkyl halides is 1. The van der Waals surface area contributed by atoms with E-state index in [2.05, 4.69) is 5.32 Å². The van der Waals surface area contributed by atoms with Crippen molar-refractivity contribution >= 4 is 29.4 Å². The van der Waals surface area contributed by atoms with Crippen LogP contribution in [0.1, 0.15) is 20.8 Å². The van der Waals surface area contributed by atoms with Crippen molar-refractivity contribution in [3.05, 3.63) is 0 Å². The minimum Gasteiger partial charge on any atom is -0.481 e. The normalized spacial score (nSPS) is 29.1. The Bertz CT molecular complexity index is 373. The molecular formula is C12H22ClNO9. The van der Waals surface area contributed by atoms with Gasteiger partial charge in [-0.1, -0.05) is 0 Å². The highest BCUT2D eigenvalue weighted by Gasteiger charge is 2.43. The molecule has 10 nitrogen and oxygen atoms in total. The van der Waals surface area contributed by atoms with Gasteiger partial charge in [-0.2, -0.15) is 0 Å². The predicted octanol–water partition coefficient (Wildman–Crippen LogP) is -1.65. The molecule has 0 aromatic carbocycles. The fourth-order valence-electron chi connectivity index (χ4n) is 1.46. The van der Waals surface area contributed by atoms with Gasteiger partial charge in [0.05, 0.1) is 5.88 Å². The van der Waals surface area contributed by atoms with Gasteiger partial charge in [0.25, 0.3) is 11.9 Å². The Balaban J connectivity index is 0. The van der Waals surface area contributed by atoms with Crippen LogP contribution in [0.3, 0.4) is 0 Å². The van der Waals surface area contributed by atoms with Crippen LogP contribution in [0.5, 0.6) is 0 Å². The molecule has 1 aliphatic rings. The van der Waals surface area contributed by atoms with Gasteiger partial charge in [-0.3, -0.25) is 14.4 Å². The van der Waals surface area contributed by atoms with E-state index in [1.807, 2.05) is 0 Å². The highest BCUT2D eigenvalue weighted by Crippen LogP contribution is 2.20. The summed E-state index contributed by atoms with van der Waals surface area (Å²) >= 11 is 5.46. The molecule has 0 spiro atoms. The lowest BCUT2D eigenvalue weighted by atomic mass is 9.97. The van der Waals surface area contributed by atoms with Crippen LogP contribution in [0.25, 0.3) is 0 Å². The molecule has 23 heavy (non-hydrogen) atoms. The number of aliphatic hydroxyl groups is 3. The average Bonchev–Trinajstić information content (AvgIpc) is 2.37. The second-order valence-electron chi connectivity index (χ2n) is 4.46. The summed E-state index contributed by atoms with van der Waals surface area (Å²) in [5, 5.41) is 45.7. The van der Waals surface area contributed by atoms with Crippen molar-refractivity contribution in [3.8, 4) is 0 Å². The zero-order valence-electron chi connectivity index (χ0n) is 12.8. The number of halogens is 1. The lowest BCUT2D eigenvalue weighted by Crippen LogP contribution is -2.63. The minimum absolute atomic E-state index is 0.0535. The smallest absolute Gasteiger partial charge is 0.300 e. The van der Waals surface area contributed by atoms with Crippen molar-refractivity contribution in [3.63, 3.8) is 0 Å². The molecule has 0 radical (unpaired) electrons. The van der Waals surface area contributed by atoms with Crippen LogP contribution in [-0.2, 0) is 19.1 Å². The van der Waals surface area contributed by atoms with E-state index in [0.717, 1.165) is 13.8 Å². The maximum atomic E-state index is 10.8. The molecule has 0 saturated carbocycles. The van der Waals surface area contributed by atoms with Crippen LogP contribution >= 0.6 is 11.6 Å². The highest BCUT2D eigenvalue weighted by molar-refractivity contribution is 6.18. The topological polar surface area (TPSA) is 174 Å².